The van der Waals surface area contributed by atoms with Crippen LogP contribution in [0.2, 0.25) is 0 Å². The number of carbonyl (C=O) groups excluding carboxylic acids is 1. The van der Waals surface area contributed by atoms with Crippen molar-refractivity contribution in [3.8, 4) is 0 Å². The lowest BCUT2D eigenvalue weighted by Crippen LogP contribution is -2.63. The third-order valence-electron chi connectivity index (χ3n) is 4.82. The molecule has 0 aromatic rings. The molecule has 2 saturated heterocycles. The first-order chi connectivity index (χ1) is 10.5. The summed E-state index contributed by atoms with van der Waals surface area (Å²) >= 11 is 0. The minimum absolute atomic E-state index is 0.135. The molecule has 22 heavy (non-hydrogen) atoms. The lowest BCUT2D eigenvalue weighted by atomic mass is 9.98. The Bertz CT molecular complexity index is 345. The highest BCUT2D eigenvalue weighted by Gasteiger charge is 2.36. The Balaban J connectivity index is 1.57. The van der Waals surface area contributed by atoms with Crippen molar-refractivity contribution in [3.63, 3.8) is 0 Å². The third-order valence-corrected chi connectivity index (χ3v) is 4.82. The molecule has 2 aliphatic rings. The Morgan fingerprint density at radius 2 is 1.73 bits per heavy atom. The van der Waals surface area contributed by atoms with Crippen LogP contribution in [0.15, 0.2) is 0 Å². The van der Waals surface area contributed by atoms with Gasteiger partial charge in [-0.15, -0.1) is 0 Å². The largest absolute Gasteiger partial charge is 0.339 e. The Kier molecular flexibility index (Phi) is 6.66. The Hall–Kier alpha value is -0.650. The molecule has 2 heterocycles. The highest BCUT2D eigenvalue weighted by molar-refractivity contribution is 5.79. The molecule has 128 valence electrons. The first-order valence-corrected chi connectivity index (χ1v) is 8.97. The van der Waals surface area contributed by atoms with Gasteiger partial charge in [0.1, 0.15) is 0 Å². The standard InChI is InChI=1S/C17H34N4O/c1-13(2)17(22)21-11-16(12-21)20-9-5-15(6-10-20)19-8-7-18-14(3)4/h13-16,18-19H,5-12H2,1-4H3. The summed E-state index contributed by atoms with van der Waals surface area (Å²) in [4.78, 5) is 16.5. The summed E-state index contributed by atoms with van der Waals surface area (Å²) in [7, 11) is 0. The fraction of sp³-hybridized carbons (Fsp3) is 0.941. The van der Waals surface area contributed by atoms with E-state index in [-0.39, 0.29) is 5.92 Å². The summed E-state index contributed by atoms with van der Waals surface area (Å²) in [6, 6.07) is 1.84. The van der Waals surface area contributed by atoms with E-state index in [1.807, 2.05) is 18.7 Å². The minimum atomic E-state index is 0.135. The molecule has 1 amide bonds. The van der Waals surface area contributed by atoms with Crippen molar-refractivity contribution < 1.29 is 4.79 Å². The van der Waals surface area contributed by atoms with Crippen LogP contribution in [-0.4, -0.2) is 73.1 Å². The zero-order valence-electron chi connectivity index (χ0n) is 14.8. The maximum absolute atomic E-state index is 11.9. The monoisotopic (exact) mass is 310 g/mol. The summed E-state index contributed by atoms with van der Waals surface area (Å²) in [5.74, 6) is 0.445. The van der Waals surface area contributed by atoms with Crippen LogP contribution >= 0.6 is 0 Å². The van der Waals surface area contributed by atoms with Gasteiger partial charge in [-0.2, -0.15) is 0 Å². The molecule has 0 unspecified atom stereocenters. The molecule has 0 spiro atoms. The van der Waals surface area contributed by atoms with Gasteiger partial charge in [0, 0.05) is 63.3 Å². The molecule has 5 nitrogen and oxygen atoms in total. The molecule has 5 heteroatoms. The van der Waals surface area contributed by atoms with Crippen LogP contribution in [0, 0.1) is 5.92 Å². The second kappa shape index (κ2) is 8.27. The van der Waals surface area contributed by atoms with Gasteiger partial charge in [0.05, 0.1) is 0 Å². The molecule has 2 rings (SSSR count). The number of hydrogen-bond donors (Lipinski definition) is 2. The molecule has 0 aromatic carbocycles. The van der Waals surface area contributed by atoms with Crippen LogP contribution in [0.3, 0.4) is 0 Å². The number of likely N-dealkylation sites (tertiary alicyclic amines) is 2. The van der Waals surface area contributed by atoms with Crippen molar-refractivity contribution in [3.05, 3.63) is 0 Å². The van der Waals surface area contributed by atoms with Crippen LogP contribution in [-0.2, 0) is 4.79 Å². The van der Waals surface area contributed by atoms with E-state index in [1.54, 1.807) is 0 Å². The molecule has 2 aliphatic heterocycles. The van der Waals surface area contributed by atoms with Gasteiger partial charge in [-0.3, -0.25) is 9.69 Å². The molecule has 0 aliphatic carbocycles. The van der Waals surface area contributed by atoms with E-state index in [9.17, 15) is 4.79 Å². The summed E-state index contributed by atoms with van der Waals surface area (Å²) in [5.41, 5.74) is 0. The topological polar surface area (TPSA) is 47.6 Å². The van der Waals surface area contributed by atoms with E-state index in [2.05, 4.69) is 29.4 Å². The lowest BCUT2D eigenvalue weighted by Gasteiger charge is -2.48. The van der Waals surface area contributed by atoms with Gasteiger partial charge in [-0.1, -0.05) is 27.7 Å². The van der Waals surface area contributed by atoms with Crippen LogP contribution in [0.5, 0.6) is 0 Å². The first-order valence-electron chi connectivity index (χ1n) is 8.97. The van der Waals surface area contributed by atoms with Gasteiger partial charge >= 0.3 is 0 Å². The van der Waals surface area contributed by atoms with E-state index in [0.717, 1.165) is 26.2 Å². The minimum Gasteiger partial charge on any atom is -0.339 e. The van der Waals surface area contributed by atoms with Gasteiger partial charge in [0.2, 0.25) is 5.91 Å². The summed E-state index contributed by atoms with van der Waals surface area (Å²) in [6.07, 6.45) is 2.46. The molecule has 0 atom stereocenters. The van der Waals surface area contributed by atoms with E-state index in [1.165, 1.54) is 25.9 Å². The van der Waals surface area contributed by atoms with Crippen LogP contribution in [0.25, 0.3) is 0 Å². The normalized spacial score (nSPS) is 21.6. The molecule has 0 bridgehead atoms. The second-order valence-electron chi connectivity index (χ2n) is 7.42. The summed E-state index contributed by atoms with van der Waals surface area (Å²) in [6.45, 7) is 14.7. The molecular formula is C17H34N4O. The van der Waals surface area contributed by atoms with Gasteiger partial charge in [0.15, 0.2) is 0 Å². The zero-order valence-corrected chi connectivity index (χ0v) is 14.8. The smallest absolute Gasteiger partial charge is 0.225 e. The summed E-state index contributed by atoms with van der Waals surface area (Å²) < 4.78 is 0. The van der Waals surface area contributed by atoms with Crippen LogP contribution in [0.4, 0.5) is 0 Å². The highest BCUT2D eigenvalue weighted by atomic mass is 16.2. The first kappa shape index (κ1) is 17.7. The van der Waals surface area contributed by atoms with Gasteiger partial charge in [0.25, 0.3) is 0 Å². The maximum Gasteiger partial charge on any atom is 0.225 e. The van der Waals surface area contributed by atoms with Crippen molar-refractivity contribution in [1.82, 2.24) is 20.4 Å². The van der Waals surface area contributed by atoms with Crippen LogP contribution in [0.1, 0.15) is 40.5 Å². The molecule has 2 fully saturated rings. The Morgan fingerprint density at radius 3 is 2.27 bits per heavy atom. The summed E-state index contributed by atoms with van der Waals surface area (Å²) in [5, 5.41) is 7.11. The SMILES string of the molecule is CC(C)NCCNC1CCN(C2CN(C(=O)C(C)C)C2)CC1. The van der Waals surface area contributed by atoms with Gasteiger partial charge < -0.3 is 15.5 Å². The average molecular weight is 310 g/mol. The second-order valence-corrected chi connectivity index (χ2v) is 7.42. The fourth-order valence-electron chi connectivity index (χ4n) is 3.34. The number of nitrogens with one attached hydrogen (secondary N) is 2. The van der Waals surface area contributed by atoms with Crippen LogP contribution < -0.4 is 10.6 Å². The van der Waals surface area contributed by atoms with Crippen molar-refractivity contribution in [2.45, 2.75) is 58.7 Å². The lowest BCUT2D eigenvalue weighted by molar-refractivity contribution is -0.142. The highest BCUT2D eigenvalue weighted by Crippen LogP contribution is 2.21. The van der Waals surface area contributed by atoms with E-state index >= 15 is 0 Å². The predicted octanol–water partition coefficient (Wildman–Crippen LogP) is 0.905. The zero-order chi connectivity index (χ0) is 16.1. The molecule has 0 radical (unpaired) electrons. The number of amides is 1. The van der Waals surface area contributed by atoms with E-state index in [4.69, 9.17) is 0 Å². The van der Waals surface area contributed by atoms with Gasteiger partial charge in [-0.25, -0.2) is 0 Å². The number of hydrogen-bond acceptors (Lipinski definition) is 4. The average Bonchev–Trinajstić information content (AvgIpc) is 2.43. The van der Waals surface area contributed by atoms with Crippen molar-refractivity contribution in [1.29, 1.82) is 0 Å². The number of nitrogens with zero attached hydrogens (tertiary/aromatic N) is 2. The maximum atomic E-state index is 11.9. The Morgan fingerprint density at radius 1 is 1.09 bits per heavy atom. The van der Waals surface area contributed by atoms with Crippen molar-refractivity contribution >= 4 is 5.91 Å². The van der Waals surface area contributed by atoms with E-state index in [0.29, 0.717) is 24.0 Å². The number of piperidine rings is 1. The van der Waals surface area contributed by atoms with Crippen molar-refractivity contribution in [2.75, 3.05) is 39.3 Å². The third kappa shape index (κ3) is 4.93. The predicted molar refractivity (Wildman–Crippen MR) is 90.9 cm³/mol. The Labute approximate surface area is 135 Å². The quantitative estimate of drug-likeness (QED) is 0.686. The van der Waals surface area contributed by atoms with Crippen molar-refractivity contribution in [2.24, 2.45) is 5.92 Å². The molecule has 2 N–H and O–H groups in total. The molecule has 0 aromatic heterocycles. The molecular weight excluding hydrogens is 276 g/mol. The number of rotatable bonds is 7. The van der Waals surface area contributed by atoms with Gasteiger partial charge in [-0.05, 0) is 12.8 Å². The molecule has 0 saturated carbocycles. The fourth-order valence-corrected chi connectivity index (χ4v) is 3.34. The number of carbonyl (C=O) groups is 1. The van der Waals surface area contributed by atoms with E-state index < -0.39 is 0 Å².